The van der Waals surface area contributed by atoms with Crippen molar-refractivity contribution in [1.29, 1.82) is 0 Å². The van der Waals surface area contributed by atoms with Gasteiger partial charge in [0.2, 0.25) is 0 Å². The van der Waals surface area contributed by atoms with E-state index in [1.54, 1.807) is 13.8 Å². The summed E-state index contributed by atoms with van der Waals surface area (Å²) in [6, 6.07) is 0. The molecule has 0 atom stereocenters. The maximum absolute atomic E-state index is 12.2. The molecule has 0 aliphatic carbocycles. The number of rotatable bonds is 5. The minimum Gasteiger partial charge on any atom is -0.480 e. The number of nitrogens with one attached hydrogen (secondary N) is 2. The average molecular weight is 300 g/mol. The third-order valence-corrected chi connectivity index (χ3v) is 4.02. The molecule has 0 aromatic carbocycles. The van der Waals surface area contributed by atoms with E-state index in [0.29, 0.717) is 11.4 Å². The number of nitrogens with zero attached hydrogens (tertiary/aromatic N) is 4. The van der Waals surface area contributed by atoms with Crippen LogP contribution in [0.5, 0.6) is 0 Å². The van der Waals surface area contributed by atoms with E-state index in [0.717, 1.165) is 4.68 Å². The first-order chi connectivity index (χ1) is 9.29. The van der Waals surface area contributed by atoms with Crippen LogP contribution < -0.4 is 4.72 Å². The van der Waals surface area contributed by atoms with E-state index < -0.39 is 22.5 Å². The predicted molar refractivity (Wildman–Crippen MR) is 66.5 cm³/mol. The van der Waals surface area contributed by atoms with E-state index in [9.17, 15) is 13.2 Å². The highest BCUT2D eigenvalue weighted by Gasteiger charge is 2.23. The van der Waals surface area contributed by atoms with Crippen molar-refractivity contribution in [3.8, 4) is 0 Å². The Hall–Kier alpha value is -2.43. The van der Waals surface area contributed by atoms with Gasteiger partial charge in [-0.25, -0.2) is 13.1 Å². The van der Waals surface area contributed by atoms with Gasteiger partial charge in [-0.15, -0.1) is 5.10 Å². The number of hydrogen-bond acceptors (Lipinski definition) is 6. The van der Waals surface area contributed by atoms with Gasteiger partial charge in [0.05, 0.1) is 17.6 Å². The first kappa shape index (κ1) is 14.0. The Morgan fingerprint density at radius 3 is 2.75 bits per heavy atom. The fourth-order valence-corrected chi connectivity index (χ4v) is 3.04. The van der Waals surface area contributed by atoms with Crippen molar-refractivity contribution < 1.29 is 18.3 Å². The molecule has 10 nitrogen and oxygen atoms in total. The van der Waals surface area contributed by atoms with Crippen LogP contribution in [-0.2, 0) is 21.4 Å². The molecule has 20 heavy (non-hydrogen) atoms. The molecule has 0 fully saturated rings. The number of hydrogen-bond donors (Lipinski definition) is 3. The van der Waals surface area contributed by atoms with E-state index >= 15 is 0 Å². The van der Waals surface area contributed by atoms with Crippen LogP contribution >= 0.6 is 0 Å². The van der Waals surface area contributed by atoms with Crippen molar-refractivity contribution >= 4 is 21.8 Å². The highest BCUT2D eigenvalue weighted by atomic mass is 32.2. The van der Waals surface area contributed by atoms with Crippen molar-refractivity contribution in [1.82, 2.24) is 25.2 Å². The third-order valence-electron chi connectivity index (χ3n) is 2.40. The van der Waals surface area contributed by atoms with E-state index in [2.05, 4.69) is 25.2 Å². The van der Waals surface area contributed by atoms with Crippen molar-refractivity contribution in [3.63, 3.8) is 0 Å². The lowest BCUT2D eigenvalue weighted by molar-refractivity contribution is -0.137. The number of carbonyl (C=O) groups is 1. The minimum atomic E-state index is -3.85. The summed E-state index contributed by atoms with van der Waals surface area (Å²) in [7, 11) is -3.85. The molecular weight excluding hydrogens is 288 g/mol. The van der Waals surface area contributed by atoms with Crippen LogP contribution in [-0.4, -0.2) is 44.7 Å². The van der Waals surface area contributed by atoms with Crippen molar-refractivity contribution in [3.05, 3.63) is 17.6 Å². The first-order valence-electron chi connectivity index (χ1n) is 5.46. The van der Waals surface area contributed by atoms with Gasteiger partial charge in [-0.2, -0.15) is 5.10 Å². The molecule has 0 bridgehead atoms. The Bertz CT molecular complexity index is 727. The molecule has 11 heteroatoms. The van der Waals surface area contributed by atoms with Crippen molar-refractivity contribution in [2.75, 3.05) is 4.72 Å². The van der Waals surface area contributed by atoms with Crippen LogP contribution in [0.15, 0.2) is 11.1 Å². The van der Waals surface area contributed by atoms with Gasteiger partial charge < -0.3 is 5.11 Å². The SMILES string of the molecule is Cc1n[nH]c(C)c1S(=O)(=O)Nc1cn(CC(=O)O)nn1. The van der Waals surface area contributed by atoms with Gasteiger partial charge in [0.1, 0.15) is 11.4 Å². The monoisotopic (exact) mass is 300 g/mol. The maximum atomic E-state index is 12.2. The molecule has 0 saturated heterocycles. The minimum absolute atomic E-state index is 0.0327. The fourth-order valence-electron chi connectivity index (χ4n) is 1.69. The predicted octanol–water partition coefficient (Wildman–Crippen LogP) is -0.497. The second-order valence-corrected chi connectivity index (χ2v) is 5.68. The van der Waals surface area contributed by atoms with Crippen LogP contribution in [0.4, 0.5) is 5.82 Å². The normalized spacial score (nSPS) is 11.5. The standard InChI is InChI=1S/C9H12N6O4S/c1-5-9(6(2)11-10-5)20(18,19)13-7-3-15(14-12-7)4-8(16)17/h3,13H,4H2,1-2H3,(H,10,11)(H,16,17). The Kier molecular flexibility index (Phi) is 3.44. The number of aromatic nitrogens is 5. The molecule has 0 unspecified atom stereocenters. The lowest BCUT2D eigenvalue weighted by Crippen LogP contribution is -2.15. The summed E-state index contributed by atoms with van der Waals surface area (Å²) in [4.78, 5) is 10.5. The van der Waals surface area contributed by atoms with Gasteiger partial charge in [0.15, 0.2) is 5.82 Å². The number of aliphatic carboxylic acids is 1. The maximum Gasteiger partial charge on any atom is 0.325 e. The summed E-state index contributed by atoms with van der Waals surface area (Å²) in [5.74, 6) is -1.17. The Balaban J connectivity index is 2.25. The number of aromatic amines is 1. The van der Waals surface area contributed by atoms with E-state index in [4.69, 9.17) is 5.11 Å². The molecule has 108 valence electrons. The number of carboxylic acids is 1. The molecular formula is C9H12N6O4S. The van der Waals surface area contributed by atoms with Crippen LogP contribution in [0.25, 0.3) is 0 Å². The molecule has 2 heterocycles. The van der Waals surface area contributed by atoms with Gasteiger partial charge in [-0.3, -0.25) is 14.6 Å². The summed E-state index contributed by atoms with van der Waals surface area (Å²) >= 11 is 0. The highest BCUT2D eigenvalue weighted by Crippen LogP contribution is 2.19. The Morgan fingerprint density at radius 2 is 2.20 bits per heavy atom. The molecule has 2 aromatic heterocycles. The lowest BCUT2D eigenvalue weighted by atomic mass is 10.4. The highest BCUT2D eigenvalue weighted by molar-refractivity contribution is 7.92. The summed E-state index contributed by atoms with van der Waals surface area (Å²) in [5.41, 5.74) is 0.723. The molecule has 0 saturated carbocycles. The molecule has 0 aliphatic heterocycles. The van der Waals surface area contributed by atoms with Gasteiger partial charge in [-0.1, -0.05) is 5.21 Å². The van der Waals surface area contributed by atoms with Gasteiger partial charge >= 0.3 is 5.97 Å². The van der Waals surface area contributed by atoms with Crippen LogP contribution in [0.3, 0.4) is 0 Å². The molecule has 2 rings (SSSR count). The zero-order chi connectivity index (χ0) is 14.9. The van der Waals surface area contributed by atoms with E-state index in [1.165, 1.54) is 6.20 Å². The molecule has 0 spiro atoms. The molecule has 0 aliphatic rings. The van der Waals surface area contributed by atoms with Gasteiger partial charge in [-0.05, 0) is 13.8 Å². The Morgan fingerprint density at radius 1 is 1.50 bits per heavy atom. The Labute approximate surface area is 113 Å². The molecule has 3 N–H and O–H groups in total. The lowest BCUT2D eigenvalue weighted by Gasteiger charge is -2.04. The second-order valence-electron chi connectivity index (χ2n) is 4.06. The van der Waals surface area contributed by atoms with Gasteiger partial charge in [0.25, 0.3) is 10.0 Å². The summed E-state index contributed by atoms with van der Waals surface area (Å²) in [6.45, 7) is 2.73. The third kappa shape index (κ3) is 2.77. The molecule has 2 aromatic rings. The first-order valence-corrected chi connectivity index (χ1v) is 6.94. The van der Waals surface area contributed by atoms with Crippen LogP contribution in [0.1, 0.15) is 11.4 Å². The molecule has 0 radical (unpaired) electrons. The number of aryl methyl sites for hydroxylation is 2. The summed E-state index contributed by atoms with van der Waals surface area (Å²) in [6.07, 6.45) is 1.19. The number of H-pyrrole nitrogens is 1. The van der Waals surface area contributed by atoms with Gasteiger partial charge in [0, 0.05) is 0 Å². The van der Waals surface area contributed by atoms with Crippen LogP contribution in [0, 0.1) is 13.8 Å². The zero-order valence-electron chi connectivity index (χ0n) is 10.7. The second kappa shape index (κ2) is 4.92. The van der Waals surface area contributed by atoms with Crippen molar-refractivity contribution in [2.45, 2.75) is 25.3 Å². The fraction of sp³-hybridized carbons (Fsp3) is 0.333. The molecule has 0 amide bonds. The zero-order valence-corrected chi connectivity index (χ0v) is 11.5. The quantitative estimate of drug-likeness (QED) is 0.675. The smallest absolute Gasteiger partial charge is 0.325 e. The summed E-state index contributed by atoms with van der Waals surface area (Å²) in [5, 5.41) is 22.0. The topological polar surface area (TPSA) is 143 Å². The van der Waals surface area contributed by atoms with E-state index in [-0.39, 0.29) is 10.7 Å². The summed E-state index contributed by atoms with van der Waals surface area (Å²) < 4.78 is 27.6. The van der Waals surface area contributed by atoms with Crippen molar-refractivity contribution in [2.24, 2.45) is 0 Å². The average Bonchev–Trinajstić information content (AvgIpc) is 2.85. The largest absolute Gasteiger partial charge is 0.480 e. The van der Waals surface area contributed by atoms with E-state index in [1.807, 2.05) is 0 Å². The van der Waals surface area contributed by atoms with Crippen LogP contribution in [0.2, 0.25) is 0 Å². The number of sulfonamides is 1. The number of carboxylic acid groups (broad SMARTS) is 1. The number of anilines is 1.